The van der Waals surface area contributed by atoms with Crippen molar-refractivity contribution >= 4 is 11.8 Å². The zero-order valence-corrected chi connectivity index (χ0v) is 30.6. The zero-order chi connectivity index (χ0) is 33.9. The maximum Gasteiger partial charge on any atom is 0.221 e. The number of allylic oxidation sites excluding steroid dienone is 2. The van der Waals surface area contributed by atoms with Crippen LogP contribution in [0.25, 0.3) is 0 Å². The predicted molar refractivity (Wildman–Crippen MR) is 197 cm³/mol. The molecule has 0 bridgehead atoms. The van der Waals surface area contributed by atoms with Crippen LogP contribution in [-0.2, 0) is 9.59 Å². The number of carbonyl (C=O) groups excluding carboxylic acids is 2. The van der Waals surface area contributed by atoms with Crippen LogP contribution in [0.3, 0.4) is 0 Å². The summed E-state index contributed by atoms with van der Waals surface area (Å²) in [5, 5.41) is 26.1. The third kappa shape index (κ3) is 32.3. The van der Waals surface area contributed by atoms with Gasteiger partial charge in [0.25, 0.3) is 0 Å². The minimum atomic E-state index is -0.270. The molecule has 0 aromatic carbocycles. The Bertz CT molecular complexity index is 681. The number of carbonyl (C=O) groups is 2. The number of hydrogen-bond acceptors (Lipinski definition) is 4. The third-order valence-corrected chi connectivity index (χ3v) is 8.73. The summed E-state index contributed by atoms with van der Waals surface area (Å²) >= 11 is 0. The number of aliphatic hydroxyl groups excluding tert-OH is 2. The van der Waals surface area contributed by atoms with E-state index >= 15 is 0 Å². The molecule has 0 aliphatic heterocycles. The highest BCUT2D eigenvalue weighted by molar-refractivity contribution is 5.79. The first-order valence-corrected chi connectivity index (χ1v) is 19.7. The van der Waals surface area contributed by atoms with Crippen LogP contribution in [0.1, 0.15) is 201 Å². The maximum atomic E-state index is 12.5. The summed E-state index contributed by atoms with van der Waals surface area (Å²) in [7, 11) is 0. The molecule has 0 aliphatic rings. The second kappa shape index (κ2) is 34.7. The van der Waals surface area contributed by atoms with Crippen molar-refractivity contribution in [1.29, 1.82) is 0 Å². The average molecular weight is 649 g/mol. The fourth-order valence-electron chi connectivity index (χ4n) is 5.75. The zero-order valence-electron chi connectivity index (χ0n) is 30.6. The van der Waals surface area contributed by atoms with Crippen LogP contribution in [0.2, 0.25) is 0 Å². The van der Waals surface area contributed by atoms with E-state index in [9.17, 15) is 19.8 Å². The number of nitrogens with one attached hydrogen (secondary N) is 2. The highest BCUT2D eigenvalue weighted by Gasteiger charge is 2.14. The lowest BCUT2D eigenvalue weighted by Gasteiger charge is -2.20. The molecule has 0 aromatic heterocycles. The smallest absolute Gasteiger partial charge is 0.221 e. The van der Waals surface area contributed by atoms with Crippen LogP contribution in [0, 0.1) is 0 Å². The molecule has 2 atom stereocenters. The monoisotopic (exact) mass is 649 g/mol. The quantitative estimate of drug-likeness (QED) is 0.0317. The van der Waals surface area contributed by atoms with Gasteiger partial charge < -0.3 is 20.8 Å². The number of rotatable bonds is 34. The van der Waals surface area contributed by atoms with Gasteiger partial charge in [-0.2, -0.15) is 0 Å². The Hall–Kier alpha value is -1.66. The molecule has 0 fully saturated rings. The molecule has 4 N–H and O–H groups in total. The van der Waals surface area contributed by atoms with E-state index < -0.39 is 0 Å². The average Bonchev–Trinajstić information content (AvgIpc) is 3.03. The highest BCUT2D eigenvalue weighted by Crippen LogP contribution is 2.12. The second-order valence-electron chi connectivity index (χ2n) is 13.5. The molecular weight excluding hydrogens is 572 g/mol. The van der Waals surface area contributed by atoms with Gasteiger partial charge in [0.1, 0.15) is 6.17 Å². The van der Waals surface area contributed by atoms with Gasteiger partial charge in [-0.3, -0.25) is 9.59 Å². The standard InChI is InChI=1S/C40H76N2O4/c1-4-7-9-23-30-36(43)32-25-19-15-11-13-17-21-27-34-39(45)41-38(29-6-3)42-40(46)35-28-22-18-14-12-16-20-26-33-37(44)31-24-10-8-5-2/h19-20,25-26,36-38,43-44H,4-18,21-24,27-35H2,1-3H3,(H,41,45)(H,42,46)/b25-19-,26-20-. The van der Waals surface area contributed by atoms with E-state index in [0.29, 0.717) is 12.8 Å². The van der Waals surface area contributed by atoms with Gasteiger partial charge in [0.15, 0.2) is 0 Å². The van der Waals surface area contributed by atoms with Crippen molar-refractivity contribution in [3.05, 3.63) is 24.3 Å². The molecule has 46 heavy (non-hydrogen) atoms. The summed E-state index contributed by atoms with van der Waals surface area (Å²) in [4.78, 5) is 25.0. The molecule has 0 heterocycles. The van der Waals surface area contributed by atoms with Crippen LogP contribution in [0.15, 0.2) is 24.3 Å². The largest absolute Gasteiger partial charge is 0.393 e. The first-order chi connectivity index (χ1) is 22.4. The maximum absolute atomic E-state index is 12.5. The lowest BCUT2D eigenvalue weighted by molar-refractivity contribution is -0.124. The Balaban J connectivity index is 3.79. The molecule has 6 heteroatoms. The lowest BCUT2D eigenvalue weighted by Crippen LogP contribution is -2.47. The van der Waals surface area contributed by atoms with Crippen molar-refractivity contribution in [3.63, 3.8) is 0 Å². The van der Waals surface area contributed by atoms with E-state index in [2.05, 4.69) is 55.7 Å². The summed E-state index contributed by atoms with van der Waals surface area (Å²) in [5.41, 5.74) is 0. The van der Waals surface area contributed by atoms with E-state index in [1.165, 1.54) is 51.4 Å². The topological polar surface area (TPSA) is 98.7 Å². The van der Waals surface area contributed by atoms with Crippen LogP contribution < -0.4 is 10.6 Å². The number of amides is 2. The SMILES string of the molecule is CCCCCCC(O)C/C=C\CCCCCCCC(=O)NC(CCC)NC(=O)CCCCCCC/C=C\CC(O)CCCCCC. The third-order valence-electron chi connectivity index (χ3n) is 8.73. The lowest BCUT2D eigenvalue weighted by atomic mass is 10.1. The minimum absolute atomic E-state index is 0.0328. The van der Waals surface area contributed by atoms with Crippen molar-refractivity contribution in [2.75, 3.05) is 0 Å². The number of hydrogen-bond donors (Lipinski definition) is 4. The molecule has 0 saturated carbocycles. The van der Waals surface area contributed by atoms with Gasteiger partial charge in [0, 0.05) is 12.8 Å². The molecule has 0 rings (SSSR count). The first kappa shape index (κ1) is 44.3. The molecule has 6 nitrogen and oxygen atoms in total. The predicted octanol–water partition coefficient (Wildman–Crippen LogP) is 10.4. The van der Waals surface area contributed by atoms with Gasteiger partial charge in [-0.05, 0) is 70.6 Å². The molecule has 0 spiro atoms. The van der Waals surface area contributed by atoms with Crippen LogP contribution >= 0.6 is 0 Å². The van der Waals surface area contributed by atoms with Gasteiger partial charge >= 0.3 is 0 Å². The van der Waals surface area contributed by atoms with Crippen molar-refractivity contribution in [2.45, 2.75) is 219 Å². The highest BCUT2D eigenvalue weighted by atomic mass is 16.3. The minimum Gasteiger partial charge on any atom is -0.393 e. The van der Waals surface area contributed by atoms with E-state index in [1.807, 2.05) is 0 Å². The Morgan fingerprint density at radius 3 is 1.28 bits per heavy atom. The Morgan fingerprint density at radius 2 is 0.870 bits per heavy atom. The summed E-state index contributed by atoms with van der Waals surface area (Å²) in [6.45, 7) is 6.49. The van der Waals surface area contributed by atoms with Crippen LogP contribution in [0.4, 0.5) is 0 Å². The van der Waals surface area contributed by atoms with E-state index in [-0.39, 0.29) is 30.2 Å². The first-order valence-electron chi connectivity index (χ1n) is 19.7. The van der Waals surface area contributed by atoms with Crippen LogP contribution in [0.5, 0.6) is 0 Å². The Kier molecular flexibility index (Phi) is 33.4. The number of unbranched alkanes of at least 4 members (excludes halogenated alkanes) is 16. The normalized spacial score (nSPS) is 13.8. The van der Waals surface area contributed by atoms with E-state index in [0.717, 1.165) is 116 Å². The summed E-state index contributed by atoms with van der Waals surface area (Å²) < 4.78 is 0. The van der Waals surface area contributed by atoms with Crippen LogP contribution in [-0.4, -0.2) is 40.4 Å². The molecular formula is C40H76N2O4. The number of aliphatic hydroxyl groups is 2. The molecule has 0 aliphatic carbocycles. The van der Waals surface area contributed by atoms with E-state index in [1.54, 1.807) is 0 Å². The Labute approximate surface area is 285 Å². The van der Waals surface area contributed by atoms with Crippen molar-refractivity contribution in [2.24, 2.45) is 0 Å². The summed E-state index contributed by atoms with van der Waals surface area (Å²) in [6, 6.07) is 0. The molecule has 2 amide bonds. The molecule has 0 saturated heterocycles. The molecule has 270 valence electrons. The van der Waals surface area contributed by atoms with Gasteiger partial charge in [-0.25, -0.2) is 0 Å². The van der Waals surface area contributed by atoms with Crippen molar-refractivity contribution in [3.8, 4) is 0 Å². The second-order valence-corrected chi connectivity index (χ2v) is 13.5. The summed E-state index contributed by atoms with van der Waals surface area (Å²) in [5.74, 6) is 0.0657. The van der Waals surface area contributed by atoms with Gasteiger partial charge in [-0.1, -0.05) is 141 Å². The summed E-state index contributed by atoms with van der Waals surface area (Å²) in [6.07, 6.45) is 36.7. The Morgan fingerprint density at radius 1 is 0.478 bits per heavy atom. The van der Waals surface area contributed by atoms with Gasteiger partial charge in [0.05, 0.1) is 12.2 Å². The van der Waals surface area contributed by atoms with E-state index in [4.69, 9.17) is 0 Å². The molecule has 0 aromatic rings. The van der Waals surface area contributed by atoms with Gasteiger partial charge in [-0.15, -0.1) is 0 Å². The fraction of sp³-hybridized carbons (Fsp3) is 0.850. The fourth-order valence-corrected chi connectivity index (χ4v) is 5.75. The van der Waals surface area contributed by atoms with Gasteiger partial charge in [0.2, 0.25) is 11.8 Å². The molecule has 2 unspecified atom stereocenters. The molecule has 0 radical (unpaired) electrons. The van der Waals surface area contributed by atoms with Crippen molar-refractivity contribution < 1.29 is 19.8 Å². The van der Waals surface area contributed by atoms with Crippen molar-refractivity contribution in [1.82, 2.24) is 10.6 Å².